The van der Waals surface area contributed by atoms with Gasteiger partial charge in [-0.05, 0) is 30.9 Å². The number of nitrogens with two attached hydrogens (primary N) is 1. The monoisotopic (exact) mass is 237 g/mol. The number of rotatable bonds is 6. The summed E-state index contributed by atoms with van der Waals surface area (Å²) in [5.41, 5.74) is 7.32. The largest absolute Gasteiger partial charge is 0.497 e. The van der Waals surface area contributed by atoms with E-state index >= 15 is 0 Å². The quantitative estimate of drug-likeness (QED) is 0.827. The average Bonchev–Trinajstić information content (AvgIpc) is 2.39. The van der Waals surface area contributed by atoms with Crippen molar-refractivity contribution in [1.29, 1.82) is 0 Å². The minimum Gasteiger partial charge on any atom is -0.497 e. The molecule has 96 valence electrons. The fraction of sp³-hybridized carbons (Fsp3) is 0.571. The normalized spacial score (nSPS) is 11.4. The molecule has 0 aliphatic carbocycles. The van der Waals surface area contributed by atoms with Crippen LogP contribution in [0.1, 0.15) is 32.3 Å². The first-order valence-electron chi connectivity index (χ1n) is 6.08. The topological polar surface area (TPSA) is 44.5 Å². The highest BCUT2D eigenvalue weighted by atomic mass is 16.5. The summed E-state index contributed by atoms with van der Waals surface area (Å²) >= 11 is 0. The number of hydrogen-bond acceptors (Lipinski definition) is 3. The summed E-state index contributed by atoms with van der Waals surface area (Å²) in [6.45, 7) is 4.25. The molecule has 0 amide bonds. The Bertz CT molecular complexity index is 359. The maximum Gasteiger partial charge on any atom is 0.125 e. The second-order valence-corrected chi connectivity index (χ2v) is 4.42. The van der Waals surface area contributed by atoms with Gasteiger partial charge in [0, 0.05) is 11.6 Å². The van der Waals surface area contributed by atoms with Crippen molar-refractivity contribution < 1.29 is 9.47 Å². The number of hydrogen-bond donors (Lipinski definition) is 1. The highest BCUT2D eigenvalue weighted by Crippen LogP contribution is 2.29. The molecule has 1 aromatic carbocycles. The highest BCUT2D eigenvalue weighted by molar-refractivity contribution is 5.41. The van der Waals surface area contributed by atoms with Crippen molar-refractivity contribution in [2.45, 2.75) is 38.6 Å². The van der Waals surface area contributed by atoms with Gasteiger partial charge >= 0.3 is 0 Å². The van der Waals surface area contributed by atoms with Gasteiger partial charge in [-0.1, -0.05) is 19.9 Å². The van der Waals surface area contributed by atoms with E-state index in [1.165, 1.54) is 0 Å². The molecule has 17 heavy (non-hydrogen) atoms. The van der Waals surface area contributed by atoms with E-state index in [1.54, 1.807) is 14.2 Å². The lowest BCUT2D eigenvalue weighted by Crippen LogP contribution is -2.40. The molecule has 0 aliphatic rings. The van der Waals surface area contributed by atoms with Crippen LogP contribution in [0.15, 0.2) is 18.2 Å². The second-order valence-electron chi connectivity index (χ2n) is 4.42. The van der Waals surface area contributed by atoms with Crippen LogP contribution in [0.25, 0.3) is 0 Å². The first-order valence-corrected chi connectivity index (χ1v) is 6.08. The Kier molecular flexibility index (Phi) is 4.82. The predicted molar refractivity (Wildman–Crippen MR) is 70.8 cm³/mol. The van der Waals surface area contributed by atoms with E-state index < -0.39 is 0 Å². The molecule has 0 unspecified atom stereocenters. The SMILES string of the molecule is CCC(N)(CC)Cc1ccc(OC)cc1OC. The van der Waals surface area contributed by atoms with Crippen molar-refractivity contribution in [3.63, 3.8) is 0 Å². The van der Waals surface area contributed by atoms with Crippen LogP contribution in [0.3, 0.4) is 0 Å². The fourth-order valence-corrected chi connectivity index (χ4v) is 1.88. The van der Waals surface area contributed by atoms with Crippen LogP contribution in [0, 0.1) is 0 Å². The maximum atomic E-state index is 6.34. The van der Waals surface area contributed by atoms with E-state index in [2.05, 4.69) is 13.8 Å². The molecule has 0 heterocycles. The summed E-state index contributed by atoms with van der Waals surface area (Å²) in [4.78, 5) is 0. The first-order chi connectivity index (χ1) is 8.08. The van der Waals surface area contributed by atoms with Crippen LogP contribution >= 0.6 is 0 Å². The minimum atomic E-state index is -0.151. The predicted octanol–water partition coefficient (Wildman–Crippen LogP) is 2.76. The first kappa shape index (κ1) is 13.8. The lowest BCUT2D eigenvalue weighted by atomic mass is 9.86. The molecule has 0 spiro atoms. The van der Waals surface area contributed by atoms with Gasteiger partial charge in [-0.3, -0.25) is 0 Å². The van der Waals surface area contributed by atoms with Gasteiger partial charge in [0.2, 0.25) is 0 Å². The third-order valence-corrected chi connectivity index (χ3v) is 3.45. The molecule has 0 bridgehead atoms. The zero-order chi connectivity index (χ0) is 12.9. The Morgan fingerprint density at radius 3 is 2.24 bits per heavy atom. The molecular weight excluding hydrogens is 214 g/mol. The van der Waals surface area contributed by atoms with Crippen LogP contribution in [0.5, 0.6) is 11.5 Å². The molecule has 0 saturated heterocycles. The molecule has 1 rings (SSSR count). The average molecular weight is 237 g/mol. The van der Waals surface area contributed by atoms with Gasteiger partial charge in [0.15, 0.2) is 0 Å². The summed E-state index contributed by atoms with van der Waals surface area (Å²) in [6.07, 6.45) is 2.74. The van der Waals surface area contributed by atoms with Gasteiger partial charge < -0.3 is 15.2 Å². The van der Waals surface area contributed by atoms with Gasteiger partial charge in [-0.2, -0.15) is 0 Å². The molecule has 0 radical (unpaired) electrons. The van der Waals surface area contributed by atoms with Gasteiger partial charge in [0.1, 0.15) is 11.5 Å². The van der Waals surface area contributed by atoms with Gasteiger partial charge in [0.05, 0.1) is 14.2 Å². The van der Waals surface area contributed by atoms with Crippen molar-refractivity contribution in [3.05, 3.63) is 23.8 Å². The molecule has 0 aromatic heterocycles. The molecule has 0 aliphatic heterocycles. The van der Waals surface area contributed by atoms with E-state index in [-0.39, 0.29) is 5.54 Å². The van der Waals surface area contributed by atoms with Gasteiger partial charge in [-0.25, -0.2) is 0 Å². The molecule has 3 nitrogen and oxygen atoms in total. The van der Waals surface area contributed by atoms with Crippen molar-refractivity contribution in [2.75, 3.05) is 14.2 Å². The zero-order valence-electron chi connectivity index (χ0n) is 11.2. The van der Waals surface area contributed by atoms with E-state index in [9.17, 15) is 0 Å². The lowest BCUT2D eigenvalue weighted by Gasteiger charge is -2.27. The Balaban J connectivity index is 2.98. The molecule has 3 heteroatoms. The van der Waals surface area contributed by atoms with Crippen molar-refractivity contribution in [3.8, 4) is 11.5 Å². The summed E-state index contributed by atoms with van der Waals surface area (Å²) in [5, 5.41) is 0. The Hall–Kier alpha value is -1.22. The highest BCUT2D eigenvalue weighted by Gasteiger charge is 2.22. The van der Waals surface area contributed by atoms with Crippen molar-refractivity contribution >= 4 is 0 Å². The molecule has 1 aromatic rings. The van der Waals surface area contributed by atoms with Crippen LogP contribution in [0.4, 0.5) is 0 Å². The van der Waals surface area contributed by atoms with E-state index in [0.29, 0.717) is 0 Å². The second kappa shape index (κ2) is 5.92. The summed E-state index contributed by atoms with van der Waals surface area (Å²) < 4.78 is 10.6. The van der Waals surface area contributed by atoms with Gasteiger partial charge in [0.25, 0.3) is 0 Å². The van der Waals surface area contributed by atoms with Crippen molar-refractivity contribution in [1.82, 2.24) is 0 Å². The zero-order valence-corrected chi connectivity index (χ0v) is 11.2. The molecule has 0 atom stereocenters. The van der Waals surface area contributed by atoms with Crippen LogP contribution in [0.2, 0.25) is 0 Å². The number of ether oxygens (including phenoxy) is 2. The lowest BCUT2D eigenvalue weighted by molar-refractivity contribution is 0.367. The maximum absolute atomic E-state index is 6.34. The van der Waals surface area contributed by atoms with Crippen LogP contribution < -0.4 is 15.2 Å². The standard InChI is InChI=1S/C14H23NO2/c1-5-14(15,6-2)10-11-7-8-12(16-3)9-13(11)17-4/h7-9H,5-6,10,15H2,1-4H3. The fourth-order valence-electron chi connectivity index (χ4n) is 1.88. The Morgan fingerprint density at radius 2 is 1.76 bits per heavy atom. The molecular formula is C14H23NO2. The summed E-state index contributed by atoms with van der Waals surface area (Å²) in [5.74, 6) is 1.65. The third kappa shape index (κ3) is 3.37. The summed E-state index contributed by atoms with van der Waals surface area (Å²) in [6, 6.07) is 5.88. The third-order valence-electron chi connectivity index (χ3n) is 3.45. The molecule has 0 saturated carbocycles. The van der Waals surface area contributed by atoms with E-state index in [1.807, 2.05) is 18.2 Å². The van der Waals surface area contributed by atoms with E-state index in [4.69, 9.17) is 15.2 Å². The number of methoxy groups -OCH3 is 2. The summed E-state index contributed by atoms with van der Waals surface area (Å²) in [7, 11) is 3.33. The molecule has 2 N–H and O–H groups in total. The van der Waals surface area contributed by atoms with Crippen LogP contribution in [-0.4, -0.2) is 19.8 Å². The number of benzene rings is 1. The molecule has 0 fully saturated rings. The van der Waals surface area contributed by atoms with E-state index in [0.717, 1.165) is 36.3 Å². The minimum absolute atomic E-state index is 0.151. The smallest absolute Gasteiger partial charge is 0.125 e. The Morgan fingerprint density at radius 1 is 1.12 bits per heavy atom. The van der Waals surface area contributed by atoms with Gasteiger partial charge in [-0.15, -0.1) is 0 Å². The van der Waals surface area contributed by atoms with Crippen LogP contribution in [-0.2, 0) is 6.42 Å². The van der Waals surface area contributed by atoms with Crippen molar-refractivity contribution in [2.24, 2.45) is 5.73 Å². The Labute approximate surface area is 104 Å².